The van der Waals surface area contributed by atoms with Gasteiger partial charge in [-0.3, -0.25) is 0 Å². The smallest absolute Gasteiger partial charge is 0.212 e. The molecule has 1 saturated carbocycles. The van der Waals surface area contributed by atoms with Crippen LogP contribution >= 0.6 is 0 Å². The molecule has 1 rings (SSSR count). The summed E-state index contributed by atoms with van der Waals surface area (Å²) in [5.41, 5.74) is 5.27. The molecule has 0 saturated heterocycles. The average Bonchev–Trinajstić information content (AvgIpc) is 2.81. The lowest BCUT2D eigenvalue weighted by Crippen LogP contribution is -2.43. The quantitative estimate of drug-likeness (QED) is 0.740. The number of nitrogens with two attached hydrogens (primary N) is 1. The van der Waals surface area contributed by atoms with Gasteiger partial charge in [-0.2, -0.15) is 0 Å². The van der Waals surface area contributed by atoms with Crippen molar-refractivity contribution in [1.82, 2.24) is 4.72 Å². The molecule has 4 nitrogen and oxygen atoms in total. The van der Waals surface area contributed by atoms with Gasteiger partial charge in [0.15, 0.2) is 0 Å². The monoisotopic (exact) mass is 234 g/mol. The van der Waals surface area contributed by atoms with E-state index in [1.165, 1.54) is 0 Å². The van der Waals surface area contributed by atoms with Crippen molar-refractivity contribution >= 4 is 10.0 Å². The van der Waals surface area contributed by atoms with Crippen LogP contribution in [0.1, 0.15) is 40.0 Å². The first-order valence-corrected chi connectivity index (χ1v) is 7.05. The number of hydrogen-bond acceptors (Lipinski definition) is 3. The van der Waals surface area contributed by atoms with E-state index < -0.39 is 10.0 Å². The molecule has 0 heterocycles. The van der Waals surface area contributed by atoms with Crippen LogP contribution in [0.15, 0.2) is 0 Å². The van der Waals surface area contributed by atoms with E-state index in [0.717, 1.165) is 12.8 Å². The summed E-state index contributed by atoms with van der Waals surface area (Å²) in [7, 11) is -3.15. The van der Waals surface area contributed by atoms with E-state index in [2.05, 4.69) is 4.72 Å². The van der Waals surface area contributed by atoms with Crippen molar-refractivity contribution in [1.29, 1.82) is 0 Å². The Morgan fingerprint density at radius 1 is 1.33 bits per heavy atom. The van der Waals surface area contributed by atoms with Crippen LogP contribution in [0.3, 0.4) is 0 Å². The van der Waals surface area contributed by atoms with Gasteiger partial charge in [0.05, 0.1) is 5.75 Å². The number of nitrogens with one attached hydrogen (secondary N) is 1. The molecule has 1 aliphatic rings. The van der Waals surface area contributed by atoms with Gasteiger partial charge in [0.25, 0.3) is 0 Å². The molecule has 1 aliphatic carbocycles. The molecule has 0 radical (unpaired) electrons. The molecule has 3 N–H and O–H groups in total. The standard InChI is InChI=1S/C10H22N2O2S/c1-9(2,3)6-7-15(13,14)12-10(8-11)4-5-10/h12H,4-8,11H2,1-3H3. The first kappa shape index (κ1) is 12.9. The van der Waals surface area contributed by atoms with Gasteiger partial charge in [-0.15, -0.1) is 0 Å². The highest BCUT2D eigenvalue weighted by Gasteiger charge is 2.44. The van der Waals surface area contributed by atoms with E-state index in [1.807, 2.05) is 20.8 Å². The van der Waals surface area contributed by atoms with Crippen molar-refractivity contribution in [3.05, 3.63) is 0 Å². The summed E-state index contributed by atoms with van der Waals surface area (Å²) >= 11 is 0. The fraction of sp³-hybridized carbons (Fsp3) is 1.00. The lowest BCUT2D eigenvalue weighted by molar-refractivity contribution is 0.395. The van der Waals surface area contributed by atoms with Crippen molar-refractivity contribution in [3.8, 4) is 0 Å². The van der Waals surface area contributed by atoms with E-state index in [-0.39, 0.29) is 16.7 Å². The van der Waals surface area contributed by atoms with Crippen LogP contribution in [0.25, 0.3) is 0 Å². The maximum Gasteiger partial charge on any atom is 0.212 e. The molecule has 0 aromatic heterocycles. The Morgan fingerprint density at radius 2 is 1.87 bits per heavy atom. The molecular formula is C10H22N2O2S. The molecule has 0 amide bonds. The van der Waals surface area contributed by atoms with E-state index in [0.29, 0.717) is 13.0 Å². The molecule has 90 valence electrons. The van der Waals surface area contributed by atoms with E-state index in [9.17, 15) is 8.42 Å². The number of rotatable bonds is 5. The molecule has 0 bridgehead atoms. The van der Waals surface area contributed by atoms with Crippen molar-refractivity contribution < 1.29 is 8.42 Å². The molecular weight excluding hydrogens is 212 g/mol. The normalized spacial score (nSPS) is 20.3. The second-order valence-corrected chi connectivity index (χ2v) is 7.56. The van der Waals surface area contributed by atoms with Crippen molar-refractivity contribution in [2.45, 2.75) is 45.6 Å². The highest BCUT2D eigenvalue weighted by molar-refractivity contribution is 7.89. The van der Waals surface area contributed by atoms with E-state index in [4.69, 9.17) is 5.73 Å². The Morgan fingerprint density at radius 3 is 2.20 bits per heavy atom. The predicted molar refractivity (Wildman–Crippen MR) is 62.0 cm³/mol. The minimum atomic E-state index is -3.15. The van der Waals surface area contributed by atoms with Crippen LogP contribution in [-0.2, 0) is 10.0 Å². The molecule has 0 aromatic rings. The SMILES string of the molecule is CC(C)(C)CCS(=O)(=O)NC1(CN)CC1. The Balaban J connectivity index is 2.46. The fourth-order valence-corrected chi connectivity index (χ4v) is 3.25. The predicted octanol–water partition coefficient (Wildman–Crippen LogP) is 0.833. The topological polar surface area (TPSA) is 72.2 Å². The third-order valence-corrected chi connectivity index (χ3v) is 4.22. The van der Waals surface area contributed by atoms with E-state index in [1.54, 1.807) is 0 Å². The summed E-state index contributed by atoms with van der Waals surface area (Å²) < 4.78 is 26.2. The highest BCUT2D eigenvalue weighted by Crippen LogP contribution is 2.35. The molecule has 0 spiro atoms. The van der Waals surface area contributed by atoms with Crippen LogP contribution in [0.5, 0.6) is 0 Å². The minimum Gasteiger partial charge on any atom is -0.329 e. The van der Waals surface area contributed by atoms with Gasteiger partial charge in [0.2, 0.25) is 10.0 Å². The molecule has 0 unspecified atom stereocenters. The highest BCUT2D eigenvalue weighted by atomic mass is 32.2. The van der Waals surface area contributed by atoms with Gasteiger partial charge in [0.1, 0.15) is 0 Å². The third-order valence-electron chi connectivity index (χ3n) is 2.74. The summed E-state index contributed by atoms with van der Waals surface area (Å²) in [6.45, 7) is 6.52. The van der Waals surface area contributed by atoms with E-state index >= 15 is 0 Å². The zero-order valence-electron chi connectivity index (χ0n) is 9.84. The molecule has 15 heavy (non-hydrogen) atoms. The molecule has 1 fully saturated rings. The van der Waals surface area contributed by atoms with Gasteiger partial charge >= 0.3 is 0 Å². The molecule has 0 aromatic carbocycles. The first-order chi connectivity index (χ1) is 6.68. The summed E-state index contributed by atoms with van der Waals surface area (Å²) in [5.74, 6) is 0.193. The molecule has 5 heteroatoms. The van der Waals surface area contributed by atoms with Crippen LogP contribution in [0.4, 0.5) is 0 Å². The Hall–Kier alpha value is -0.130. The Bertz CT molecular complexity index is 313. The maximum absolute atomic E-state index is 11.7. The molecule has 0 aliphatic heterocycles. The second-order valence-electron chi connectivity index (χ2n) is 5.72. The fourth-order valence-electron chi connectivity index (χ4n) is 1.32. The summed E-state index contributed by atoms with van der Waals surface area (Å²) in [6.07, 6.45) is 2.42. The van der Waals surface area contributed by atoms with Gasteiger partial charge in [-0.1, -0.05) is 20.8 Å². The lowest BCUT2D eigenvalue weighted by atomic mass is 9.94. The average molecular weight is 234 g/mol. The van der Waals surface area contributed by atoms with Crippen molar-refractivity contribution in [3.63, 3.8) is 0 Å². The second kappa shape index (κ2) is 4.03. The first-order valence-electron chi connectivity index (χ1n) is 5.40. The minimum absolute atomic E-state index is 0.0498. The maximum atomic E-state index is 11.7. The van der Waals surface area contributed by atoms with Gasteiger partial charge in [0, 0.05) is 12.1 Å². The number of hydrogen-bond donors (Lipinski definition) is 2. The van der Waals surface area contributed by atoms with Crippen molar-refractivity contribution in [2.24, 2.45) is 11.1 Å². The lowest BCUT2D eigenvalue weighted by Gasteiger charge is -2.20. The zero-order chi connectivity index (χ0) is 11.7. The van der Waals surface area contributed by atoms with Gasteiger partial charge in [-0.25, -0.2) is 13.1 Å². The van der Waals surface area contributed by atoms with Gasteiger partial charge in [-0.05, 0) is 24.7 Å². The zero-order valence-corrected chi connectivity index (χ0v) is 10.7. The summed E-state index contributed by atoms with van der Waals surface area (Å²) in [5, 5.41) is 0. The van der Waals surface area contributed by atoms with Gasteiger partial charge < -0.3 is 5.73 Å². The van der Waals surface area contributed by atoms with Crippen molar-refractivity contribution in [2.75, 3.05) is 12.3 Å². The Kier molecular flexibility index (Phi) is 3.48. The van der Waals surface area contributed by atoms with Crippen LogP contribution in [0.2, 0.25) is 0 Å². The van der Waals surface area contributed by atoms with Crippen LogP contribution in [0, 0.1) is 5.41 Å². The Labute approximate surface area is 92.7 Å². The molecule has 0 atom stereocenters. The number of sulfonamides is 1. The largest absolute Gasteiger partial charge is 0.329 e. The van der Waals surface area contributed by atoms with Crippen LogP contribution < -0.4 is 10.5 Å². The summed E-state index contributed by atoms with van der Waals surface area (Å²) in [6, 6.07) is 0. The third kappa shape index (κ3) is 4.49. The summed E-state index contributed by atoms with van der Waals surface area (Å²) in [4.78, 5) is 0. The van der Waals surface area contributed by atoms with Crippen LogP contribution in [-0.4, -0.2) is 26.3 Å².